The number of nitrogens with one attached hydrogen (secondary N) is 1. The minimum absolute atomic E-state index is 0.0525. The summed E-state index contributed by atoms with van der Waals surface area (Å²) >= 11 is 0. The topological polar surface area (TPSA) is 67.9 Å². The van der Waals surface area contributed by atoms with Crippen LogP contribution in [0.15, 0.2) is 48.5 Å². The summed E-state index contributed by atoms with van der Waals surface area (Å²) in [4.78, 5) is 26.9. The third kappa shape index (κ3) is 7.49. The zero-order chi connectivity index (χ0) is 22.9. The van der Waals surface area contributed by atoms with Gasteiger partial charge in [-0.25, -0.2) is 0 Å². The normalized spacial score (nSPS) is 11.3. The van der Waals surface area contributed by atoms with Crippen LogP contribution in [0.4, 0.5) is 0 Å². The molecule has 6 nitrogen and oxygen atoms in total. The summed E-state index contributed by atoms with van der Waals surface area (Å²) in [6, 6.07) is 15.0. The lowest BCUT2D eigenvalue weighted by atomic mass is 9.87. The molecular formula is C25H34N2O4. The zero-order valence-corrected chi connectivity index (χ0v) is 19.2. The van der Waals surface area contributed by atoms with Gasteiger partial charge in [0.15, 0.2) is 0 Å². The molecule has 2 aromatic carbocycles. The quantitative estimate of drug-likeness (QED) is 0.630. The van der Waals surface area contributed by atoms with Gasteiger partial charge in [0.25, 0.3) is 11.8 Å². The lowest BCUT2D eigenvalue weighted by molar-refractivity contribution is 0.0627. The first-order chi connectivity index (χ1) is 14.8. The lowest BCUT2D eigenvalue weighted by Crippen LogP contribution is -2.36. The van der Waals surface area contributed by atoms with E-state index >= 15 is 0 Å². The van der Waals surface area contributed by atoms with Crippen molar-refractivity contribution in [1.29, 1.82) is 0 Å². The highest BCUT2D eigenvalue weighted by Crippen LogP contribution is 2.22. The maximum Gasteiger partial charge on any atom is 0.254 e. The van der Waals surface area contributed by atoms with E-state index in [0.717, 1.165) is 5.56 Å². The summed E-state index contributed by atoms with van der Waals surface area (Å²) in [5.41, 5.74) is 3.40. The fourth-order valence-electron chi connectivity index (χ4n) is 3.07. The van der Waals surface area contributed by atoms with Crippen molar-refractivity contribution in [3.8, 4) is 0 Å². The average molecular weight is 427 g/mol. The van der Waals surface area contributed by atoms with Gasteiger partial charge in [0.1, 0.15) is 0 Å². The van der Waals surface area contributed by atoms with E-state index < -0.39 is 0 Å². The molecule has 0 unspecified atom stereocenters. The third-order valence-corrected chi connectivity index (χ3v) is 5.08. The lowest BCUT2D eigenvalue weighted by Gasteiger charge is -2.22. The molecule has 2 amide bonds. The summed E-state index contributed by atoms with van der Waals surface area (Å²) in [7, 11) is 3.22. The Kier molecular flexibility index (Phi) is 9.21. The van der Waals surface area contributed by atoms with Crippen molar-refractivity contribution in [3.05, 3.63) is 70.8 Å². The molecule has 0 heterocycles. The van der Waals surface area contributed by atoms with Crippen LogP contribution in [0.2, 0.25) is 0 Å². The Balaban J connectivity index is 1.95. The number of nitrogens with zero attached hydrogens (tertiary/aromatic N) is 1. The van der Waals surface area contributed by atoms with E-state index in [1.807, 2.05) is 36.4 Å². The van der Waals surface area contributed by atoms with Gasteiger partial charge in [-0.15, -0.1) is 0 Å². The van der Waals surface area contributed by atoms with Crippen LogP contribution in [0.1, 0.15) is 52.6 Å². The van der Waals surface area contributed by atoms with Crippen molar-refractivity contribution in [2.45, 2.75) is 32.7 Å². The third-order valence-electron chi connectivity index (χ3n) is 5.08. The van der Waals surface area contributed by atoms with Gasteiger partial charge in [0.2, 0.25) is 0 Å². The second kappa shape index (κ2) is 11.6. The maximum absolute atomic E-state index is 12.8. The van der Waals surface area contributed by atoms with Gasteiger partial charge in [0.05, 0.1) is 13.2 Å². The molecule has 0 radical (unpaired) electrons. The predicted molar refractivity (Wildman–Crippen MR) is 122 cm³/mol. The van der Waals surface area contributed by atoms with E-state index in [1.165, 1.54) is 5.56 Å². The number of amides is 2. The Labute approximate surface area is 185 Å². The van der Waals surface area contributed by atoms with Crippen LogP contribution in [-0.4, -0.2) is 57.2 Å². The Morgan fingerprint density at radius 3 is 1.84 bits per heavy atom. The molecule has 0 fully saturated rings. The molecule has 0 saturated carbocycles. The summed E-state index contributed by atoms with van der Waals surface area (Å²) in [5, 5.41) is 2.93. The average Bonchev–Trinajstić information content (AvgIpc) is 2.77. The van der Waals surface area contributed by atoms with E-state index in [4.69, 9.17) is 9.47 Å². The van der Waals surface area contributed by atoms with Gasteiger partial charge < -0.3 is 19.7 Å². The Morgan fingerprint density at radius 2 is 1.35 bits per heavy atom. The Morgan fingerprint density at radius 1 is 0.839 bits per heavy atom. The fourth-order valence-corrected chi connectivity index (χ4v) is 3.07. The number of rotatable bonds is 10. The molecule has 0 aliphatic heterocycles. The van der Waals surface area contributed by atoms with Gasteiger partial charge in [-0.3, -0.25) is 9.59 Å². The van der Waals surface area contributed by atoms with Crippen LogP contribution < -0.4 is 5.32 Å². The van der Waals surface area contributed by atoms with E-state index in [0.29, 0.717) is 44.0 Å². The standard InChI is InChI=1S/C25H34N2O4/c1-25(2,3)22-12-10-20(11-13-22)23(28)26-18-19-6-8-21(9-7-19)24(29)27(14-16-30-4)15-17-31-5/h6-13H,14-18H2,1-5H3,(H,26,28). The van der Waals surface area contributed by atoms with E-state index in [2.05, 4.69) is 26.1 Å². The van der Waals surface area contributed by atoms with Crippen LogP contribution in [0.5, 0.6) is 0 Å². The molecule has 0 bridgehead atoms. The molecule has 2 aromatic rings. The molecular weight excluding hydrogens is 392 g/mol. The van der Waals surface area contributed by atoms with Crippen LogP contribution in [0, 0.1) is 0 Å². The van der Waals surface area contributed by atoms with Gasteiger partial charge >= 0.3 is 0 Å². The molecule has 31 heavy (non-hydrogen) atoms. The first-order valence-electron chi connectivity index (χ1n) is 10.5. The van der Waals surface area contributed by atoms with Crippen LogP contribution in [-0.2, 0) is 21.4 Å². The largest absolute Gasteiger partial charge is 0.383 e. The number of ether oxygens (including phenoxy) is 2. The molecule has 1 N–H and O–H groups in total. The van der Waals surface area contributed by atoms with E-state index in [1.54, 1.807) is 31.3 Å². The number of hydrogen-bond donors (Lipinski definition) is 1. The second-order valence-corrected chi connectivity index (χ2v) is 8.48. The van der Waals surface area contributed by atoms with E-state index in [-0.39, 0.29) is 17.2 Å². The summed E-state index contributed by atoms with van der Waals surface area (Å²) in [6.07, 6.45) is 0. The molecule has 0 saturated heterocycles. The Hall–Kier alpha value is -2.70. The molecule has 6 heteroatoms. The number of carbonyl (C=O) groups excluding carboxylic acids is 2. The second-order valence-electron chi connectivity index (χ2n) is 8.48. The van der Waals surface area contributed by atoms with Crippen molar-refractivity contribution in [2.24, 2.45) is 0 Å². The molecule has 0 aliphatic carbocycles. The molecule has 0 aliphatic rings. The zero-order valence-electron chi connectivity index (χ0n) is 19.2. The first-order valence-corrected chi connectivity index (χ1v) is 10.5. The first kappa shape index (κ1) is 24.6. The minimum Gasteiger partial charge on any atom is -0.383 e. The summed E-state index contributed by atoms with van der Waals surface area (Å²) in [5.74, 6) is -0.186. The predicted octanol–water partition coefficient (Wildman–Crippen LogP) is 3.65. The van der Waals surface area contributed by atoms with Crippen molar-refractivity contribution >= 4 is 11.8 Å². The molecule has 2 rings (SSSR count). The SMILES string of the molecule is COCCN(CCOC)C(=O)c1ccc(CNC(=O)c2ccc(C(C)(C)C)cc2)cc1. The van der Waals surface area contributed by atoms with E-state index in [9.17, 15) is 9.59 Å². The van der Waals surface area contributed by atoms with Crippen molar-refractivity contribution in [2.75, 3.05) is 40.5 Å². The Bertz CT molecular complexity index is 831. The van der Waals surface area contributed by atoms with Gasteiger partial charge in [-0.2, -0.15) is 0 Å². The molecule has 0 spiro atoms. The van der Waals surface area contributed by atoms with Crippen LogP contribution in [0.3, 0.4) is 0 Å². The number of benzene rings is 2. The van der Waals surface area contributed by atoms with Gasteiger partial charge in [-0.05, 0) is 40.8 Å². The number of carbonyl (C=O) groups is 2. The molecule has 0 atom stereocenters. The van der Waals surface area contributed by atoms with Gasteiger partial charge in [-0.1, -0.05) is 45.0 Å². The minimum atomic E-state index is -0.120. The summed E-state index contributed by atoms with van der Waals surface area (Å²) in [6.45, 7) is 8.77. The fraction of sp³-hybridized carbons (Fsp3) is 0.440. The maximum atomic E-state index is 12.8. The van der Waals surface area contributed by atoms with Gasteiger partial charge in [0, 0.05) is 45.0 Å². The molecule has 168 valence electrons. The van der Waals surface area contributed by atoms with Crippen molar-refractivity contribution < 1.29 is 19.1 Å². The summed E-state index contributed by atoms with van der Waals surface area (Å²) < 4.78 is 10.2. The van der Waals surface area contributed by atoms with Crippen molar-refractivity contribution in [3.63, 3.8) is 0 Å². The highest BCUT2D eigenvalue weighted by molar-refractivity contribution is 5.95. The van der Waals surface area contributed by atoms with Crippen LogP contribution in [0.25, 0.3) is 0 Å². The smallest absolute Gasteiger partial charge is 0.254 e. The number of methoxy groups -OCH3 is 2. The highest BCUT2D eigenvalue weighted by Gasteiger charge is 2.16. The monoisotopic (exact) mass is 426 g/mol. The van der Waals surface area contributed by atoms with Crippen LogP contribution >= 0.6 is 0 Å². The molecule has 0 aromatic heterocycles. The van der Waals surface area contributed by atoms with Crippen molar-refractivity contribution in [1.82, 2.24) is 10.2 Å². The highest BCUT2D eigenvalue weighted by atomic mass is 16.5. The number of hydrogen-bond acceptors (Lipinski definition) is 4.